The number of para-hydroxylation sites is 4. The Morgan fingerprint density at radius 1 is 0.143 bits per heavy atom. The molecule has 4 heteroatoms. The van der Waals surface area contributed by atoms with Gasteiger partial charge in [0.2, 0.25) is 0 Å². The minimum atomic E-state index is 0.828. The van der Waals surface area contributed by atoms with Crippen LogP contribution in [0.5, 0.6) is 0 Å². The van der Waals surface area contributed by atoms with Crippen LogP contribution in [0, 0.1) is 0 Å². The number of benzene rings is 17. The van der Waals surface area contributed by atoms with E-state index in [-0.39, 0.29) is 0 Å². The molecule has 456 valence electrons. The zero-order valence-corrected chi connectivity index (χ0v) is 53.0. The molecule has 0 saturated carbocycles. The normalized spacial score (nSPS) is 11.9. The van der Waals surface area contributed by atoms with E-state index in [1.165, 1.54) is 110 Å². The molecule has 4 heterocycles. The first kappa shape index (κ1) is 55.4. The summed E-state index contributed by atoms with van der Waals surface area (Å²) >= 11 is 0. The van der Waals surface area contributed by atoms with Crippen LogP contribution in [-0.4, -0.2) is 0 Å². The van der Waals surface area contributed by atoms with Gasteiger partial charge in [-0.15, -0.1) is 0 Å². The van der Waals surface area contributed by atoms with Crippen LogP contribution < -0.4 is 0 Å². The van der Waals surface area contributed by atoms with Gasteiger partial charge in [-0.1, -0.05) is 303 Å². The van der Waals surface area contributed by atoms with Crippen molar-refractivity contribution in [2.45, 2.75) is 0 Å². The van der Waals surface area contributed by atoms with E-state index < -0.39 is 0 Å². The third kappa shape index (κ3) is 8.71. The molecule has 21 aromatic rings. The number of rotatable bonds is 7. The fraction of sp³-hybridized carbons (Fsp3) is 0. The molecule has 0 aliphatic carbocycles. The van der Waals surface area contributed by atoms with E-state index >= 15 is 0 Å². The summed E-state index contributed by atoms with van der Waals surface area (Å²) in [6.45, 7) is 0. The highest BCUT2D eigenvalue weighted by atomic mass is 16.3. The molecule has 0 fully saturated rings. The minimum Gasteiger partial charge on any atom is -0.456 e. The summed E-state index contributed by atoms with van der Waals surface area (Å²) in [6, 6.07) is 121. The van der Waals surface area contributed by atoms with Crippen molar-refractivity contribution in [3.63, 3.8) is 0 Å². The van der Waals surface area contributed by atoms with E-state index in [1.54, 1.807) is 0 Å². The molecule has 0 spiro atoms. The number of hydrogen-bond donors (Lipinski definition) is 0. The van der Waals surface area contributed by atoms with Crippen LogP contribution in [0.3, 0.4) is 0 Å². The molecular formula is C94H56O4. The smallest absolute Gasteiger partial charge is 0.143 e. The Labute approximate surface area is 562 Å². The van der Waals surface area contributed by atoms with E-state index in [0.717, 1.165) is 98.9 Å². The number of fused-ring (bicyclic) bond motifs is 17. The van der Waals surface area contributed by atoms with E-state index in [1.807, 2.05) is 36.4 Å². The van der Waals surface area contributed by atoms with Crippen LogP contribution in [0.15, 0.2) is 357 Å². The largest absolute Gasteiger partial charge is 0.456 e. The Hall–Kier alpha value is -13.0. The SMILES string of the molecule is c1ccc(-c2ccc(-c3ccc(-c4c5ccccc5c(-c5cccc6c5oc5cc7oc8ccccc8c7cc56)c5ccccc45)cc3)cc2)cc1.c1ccc(-c2ccccc2-c2c3ccccc3c(-c3cccc4c3oc3ccc5oc6ccccc6c5c34)c3ccccc23)cc1. The predicted octanol–water partition coefficient (Wildman–Crippen LogP) is 27.3. The summed E-state index contributed by atoms with van der Waals surface area (Å²) in [5.41, 5.74) is 23.7. The molecular weight excluding hydrogens is 1190 g/mol. The van der Waals surface area contributed by atoms with Gasteiger partial charge in [0.05, 0.1) is 0 Å². The van der Waals surface area contributed by atoms with Gasteiger partial charge < -0.3 is 17.7 Å². The van der Waals surface area contributed by atoms with Gasteiger partial charge in [0.15, 0.2) is 0 Å². The Balaban J connectivity index is 0.000000134. The van der Waals surface area contributed by atoms with Crippen LogP contribution >= 0.6 is 0 Å². The Kier molecular flexibility index (Phi) is 12.6. The zero-order valence-electron chi connectivity index (χ0n) is 53.0. The van der Waals surface area contributed by atoms with Crippen LogP contribution in [0.4, 0.5) is 0 Å². The molecule has 0 aliphatic heterocycles. The first-order valence-electron chi connectivity index (χ1n) is 33.4. The molecule has 4 aromatic heterocycles. The maximum absolute atomic E-state index is 6.81. The lowest BCUT2D eigenvalue weighted by molar-refractivity contribution is 0.656. The summed E-state index contributed by atoms with van der Waals surface area (Å²) in [7, 11) is 0. The summed E-state index contributed by atoms with van der Waals surface area (Å²) in [5, 5.41) is 18.5. The lowest BCUT2D eigenvalue weighted by Crippen LogP contribution is -1.92. The van der Waals surface area contributed by atoms with Gasteiger partial charge in [0.25, 0.3) is 0 Å². The average molecular weight is 1250 g/mol. The monoisotopic (exact) mass is 1250 g/mol. The van der Waals surface area contributed by atoms with Gasteiger partial charge in [-0.3, -0.25) is 0 Å². The highest BCUT2D eigenvalue weighted by Gasteiger charge is 2.25. The van der Waals surface area contributed by atoms with Crippen molar-refractivity contribution in [1.82, 2.24) is 0 Å². The Morgan fingerprint density at radius 3 is 1.02 bits per heavy atom. The molecule has 0 saturated heterocycles. The van der Waals surface area contributed by atoms with Crippen molar-refractivity contribution in [1.29, 1.82) is 0 Å². The second-order valence-corrected chi connectivity index (χ2v) is 25.5. The first-order valence-corrected chi connectivity index (χ1v) is 33.4. The lowest BCUT2D eigenvalue weighted by atomic mass is 9.83. The molecule has 4 nitrogen and oxygen atoms in total. The van der Waals surface area contributed by atoms with Crippen molar-refractivity contribution >= 4 is 131 Å². The second kappa shape index (κ2) is 22.3. The van der Waals surface area contributed by atoms with Crippen LogP contribution in [0.2, 0.25) is 0 Å². The van der Waals surface area contributed by atoms with E-state index in [9.17, 15) is 0 Å². The highest BCUT2D eigenvalue weighted by Crippen LogP contribution is 2.51. The van der Waals surface area contributed by atoms with E-state index in [4.69, 9.17) is 17.7 Å². The first-order chi connectivity index (χ1) is 48.6. The second-order valence-electron chi connectivity index (χ2n) is 25.5. The minimum absolute atomic E-state index is 0.828. The van der Waals surface area contributed by atoms with Gasteiger partial charge >= 0.3 is 0 Å². The maximum atomic E-state index is 6.81. The Bertz CT molecular complexity index is 6650. The fourth-order valence-electron chi connectivity index (χ4n) is 15.8. The molecule has 0 bridgehead atoms. The van der Waals surface area contributed by atoms with Gasteiger partial charge in [0, 0.05) is 71.4 Å². The summed E-state index contributed by atoms with van der Waals surface area (Å²) < 4.78 is 26.1. The molecule has 0 aliphatic rings. The molecule has 21 rings (SSSR count). The molecule has 0 unspecified atom stereocenters. The summed E-state index contributed by atoms with van der Waals surface area (Å²) in [6.07, 6.45) is 0. The van der Waals surface area contributed by atoms with Gasteiger partial charge in [-0.2, -0.15) is 0 Å². The Morgan fingerprint density at radius 2 is 0.469 bits per heavy atom. The fourth-order valence-corrected chi connectivity index (χ4v) is 15.8. The molecule has 98 heavy (non-hydrogen) atoms. The summed E-state index contributed by atoms with van der Waals surface area (Å²) in [5.74, 6) is 0. The van der Waals surface area contributed by atoms with Crippen molar-refractivity contribution < 1.29 is 17.7 Å². The van der Waals surface area contributed by atoms with Crippen molar-refractivity contribution in [3.05, 3.63) is 340 Å². The van der Waals surface area contributed by atoms with Gasteiger partial charge in [0.1, 0.15) is 44.7 Å². The summed E-state index contributed by atoms with van der Waals surface area (Å²) in [4.78, 5) is 0. The quantitative estimate of drug-likeness (QED) is 0.149. The van der Waals surface area contributed by atoms with Crippen LogP contribution in [-0.2, 0) is 0 Å². The number of furan rings is 4. The third-order valence-corrected chi connectivity index (χ3v) is 20.2. The maximum Gasteiger partial charge on any atom is 0.143 e. The molecule has 0 atom stereocenters. The highest BCUT2D eigenvalue weighted by molar-refractivity contribution is 6.30. The van der Waals surface area contributed by atoms with E-state index in [2.05, 4.69) is 303 Å². The van der Waals surface area contributed by atoms with Crippen LogP contribution in [0.1, 0.15) is 0 Å². The van der Waals surface area contributed by atoms with Crippen molar-refractivity contribution in [2.24, 2.45) is 0 Å². The molecule has 0 radical (unpaired) electrons. The zero-order chi connectivity index (χ0) is 64.4. The standard InChI is InChI=1S/C50H30O2.C44H26O2/c1-2-11-31(12-3-1)32-21-23-33(24-22-32)34-25-27-35(28-26-34)48-37-14-4-6-16-39(37)49(40-17-7-5-15-38(40)48)42-19-10-18-41-44-29-43-36-13-8-9-20-45(36)51-46(43)30-47(44)52-50(41)42;1-2-13-27(14-3-1)28-15-4-5-16-29(28)40-30-17-6-8-19-32(30)41(33-20-9-7-18-31(33)40)35-22-12-23-36-43-39(46-44(35)36)26-25-38-42(43)34-21-10-11-24-37(34)45-38/h1-30H;1-26H. The number of hydrogen-bond acceptors (Lipinski definition) is 4. The lowest BCUT2D eigenvalue weighted by Gasteiger charge is -2.19. The van der Waals surface area contributed by atoms with Gasteiger partial charge in [-0.25, -0.2) is 0 Å². The molecule has 17 aromatic carbocycles. The van der Waals surface area contributed by atoms with E-state index in [0.29, 0.717) is 0 Å². The van der Waals surface area contributed by atoms with Crippen molar-refractivity contribution in [2.75, 3.05) is 0 Å². The topological polar surface area (TPSA) is 52.6 Å². The predicted molar refractivity (Wildman–Crippen MR) is 410 cm³/mol. The average Bonchev–Trinajstić information content (AvgIpc) is 1.29. The van der Waals surface area contributed by atoms with Crippen LogP contribution in [0.25, 0.3) is 209 Å². The molecule has 0 amide bonds. The third-order valence-electron chi connectivity index (χ3n) is 20.2. The van der Waals surface area contributed by atoms with Gasteiger partial charge in [-0.05, 0) is 129 Å². The van der Waals surface area contributed by atoms with Crippen molar-refractivity contribution in [3.8, 4) is 77.9 Å². The molecule has 0 N–H and O–H groups in total.